The van der Waals surface area contributed by atoms with Crippen molar-refractivity contribution in [2.24, 2.45) is 0 Å². The lowest BCUT2D eigenvalue weighted by atomic mass is 9.94. The van der Waals surface area contributed by atoms with Crippen molar-refractivity contribution in [3.05, 3.63) is 67.0 Å². The number of ether oxygens (including phenoxy) is 1. The molecule has 0 bridgehead atoms. The molecule has 1 atom stereocenters. The van der Waals surface area contributed by atoms with Crippen LogP contribution in [0.4, 0.5) is 0 Å². The van der Waals surface area contributed by atoms with Crippen molar-refractivity contribution in [3.8, 4) is 30.3 Å². The second-order valence-electron chi connectivity index (χ2n) is 7.73. The molecule has 33 heavy (non-hydrogen) atoms. The van der Waals surface area contributed by atoms with Crippen LogP contribution >= 0.6 is 23.1 Å². The Morgan fingerprint density at radius 2 is 1.82 bits per heavy atom. The summed E-state index contributed by atoms with van der Waals surface area (Å²) in [6.45, 7) is 3.53. The van der Waals surface area contributed by atoms with Crippen molar-refractivity contribution < 1.29 is 4.74 Å². The van der Waals surface area contributed by atoms with E-state index >= 15 is 0 Å². The van der Waals surface area contributed by atoms with Crippen LogP contribution in [0.1, 0.15) is 30.0 Å². The molecular weight excluding hydrogens is 449 g/mol. The van der Waals surface area contributed by atoms with E-state index in [1.165, 1.54) is 11.3 Å². The van der Waals surface area contributed by atoms with Gasteiger partial charge in [0.1, 0.15) is 43.3 Å². The van der Waals surface area contributed by atoms with E-state index in [1.54, 1.807) is 49.9 Å². The minimum Gasteiger partial charge on any atom is -0.480 e. The van der Waals surface area contributed by atoms with E-state index < -0.39 is 5.60 Å². The Kier molecular flexibility index (Phi) is 6.96. The van der Waals surface area contributed by atoms with Crippen molar-refractivity contribution in [1.29, 1.82) is 26.3 Å². The molecule has 1 unspecified atom stereocenters. The summed E-state index contributed by atoms with van der Waals surface area (Å²) in [6, 6.07) is 13.8. The Morgan fingerprint density at radius 1 is 1.09 bits per heavy atom. The Bertz CT molecular complexity index is 1370. The molecule has 2 aliphatic heterocycles. The molecule has 0 fully saturated rings. The summed E-state index contributed by atoms with van der Waals surface area (Å²) in [5.41, 5.74) is 0.791. The molecule has 0 amide bonds. The van der Waals surface area contributed by atoms with Gasteiger partial charge in [0.25, 0.3) is 0 Å². The van der Waals surface area contributed by atoms with Crippen molar-refractivity contribution in [2.75, 3.05) is 0 Å². The first-order chi connectivity index (χ1) is 15.8. The SMILES string of the molecule is BC1CC(C#N)=C(/C=C(\C#N)c2ccc(/C=C/C3=C(C#N)C(=C(C#N)C#N)OC3(C)C)s2)S1. The van der Waals surface area contributed by atoms with Gasteiger partial charge in [-0.3, -0.25) is 0 Å². The molecule has 3 rings (SSSR count). The van der Waals surface area contributed by atoms with Crippen LogP contribution in [-0.2, 0) is 4.74 Å². The molecule has 158 valence electrons. The first-order valence-corrected chi connectivity index (χ1v) is 11.6. The number of allylic oxidation sites excluding steroid dienone is 5. The lowest BCUT2D eigenvalue weighted by molar-refractivity contribution is 0.0954. The zero-order valence-corrected chi connectivity index (χ0v) is 19.8. The number of nitrogens with zero attached hydrogens (tertiary/aromatic N) is 5. The number of thiophene rings is 1. The van der Waals surface area contributed by atoms with Crippen LogP contribution in [0.25, 0.3) is 11.6 Å². The van der Waals surface area contributed by atoms with E-state index in [-0.39, 0.29) is 16.9 Å². The maximum absolute atomic E-state index is 9.68. The molecule has 0 aromatic carbocycles. The van der Waals surface area contributed by atoms with Gasteiger partial charge in [0, 0.05) is 25.8 Å². The normalized spacial score (nSPS) is 19.5. The minimum absolute atomic E-state index is 0.00131. The smallest absolute Gasteiger partial charge is 0.172 e. The van der Waals surface area contributed by atoms with Crippen LogP contribution in [0, 0.1) is 56.7 Å². The highest BCUT2D eigenvalue weighted by molar-refractivity contribution is 8.05. The van der Waals surface area contributed by atoms with Gasteiger partial charge in [0.15, 0.2) is 11.3 Å². The Labute approximate surface area is 201 Å². The Balaban J connectivity index is 1.96. The predicted octanol–water partition coefficient (Wildman–Crippen LogP) is 4.47. The summed E-state index contributed by atoms with van der Waals surface area (Å²) in [5.74, 6) is -0.00131. The maximum Gasteiger partial charge on any atom is 0.172 e. The highest BCUT2D eigenvalue weighted by Gasteiger charge is 2.38. The topological polar surface area (TPSA) is 128 Å². The number of thioether (sulfide) groups is 1. The van der Waals surface area contributed by atoms with Gasteiger partial charge in [-0.2, -0.15) is 26.3 Å². The highest BCUT2D eigenvalue weighted by Crippen LogP contribution is 2.41. The van der Waals surface area contributed by atoms with Crippen LogP contribution < -0.4 is 0 Å². The van der Waals surface area contributed by atoms with E-state index in [2.05, 4.69) is 26.1 Å². The van der Waals surface area contributed by atoms with Crippen LogP contribution in [0.2, 0.25) is 0 Å². The van der Waals surface area contributed by atoms with Gasteiger partial charge in [-0.05, 0) is 49.7 Å². The molecule has 0 radical (unpaired) electrons. The Morgan fingerprint density at radius 3 is 2.42 bits per heavy atom. The highest BCUT2D eigenvalue weighted by atomic mass is 32.2. The second kappa shape index (κ2) is 9.69. The van der Waals surface area contributed by atoms with Crippen LogP contribution in [0.5, 0.6) is 0 Å². The third-order valence-electron chi connectivity index (χ3n) is 5.02. The summed E-state index contributed by atoms with van der Waals surface area (Å²) in [5, 5.41) is 47.3. The van der Waals surface area contributed by atoms with E-state index in [4.69, 9.17) is 4.74 Å². The van der Waals surface area contributed by atoms with Gasteiger partial charge >= 0.3 is 0 Å². The van der Waals surface area contributed by atoms with E-state index in [1.807, 2.05) is 18.2 Å². The molecule has 0 aliphatic carbocycles. The lowest BCUT2D eigenvalue weighted by Gasteiger charge is -2.20. The third kappa shape index (κ3) is 4.79. The number of hydrogen-bond donors (Lipinski definition) is 0. The zero-order chi connectivity index (χ0) is 24.2. The average molecular weight is 465 g/mol. The third-order valence-corrected chi connectivity index (χ3v) is 7.29. The minimum atomic E-state index is -0.885. The Hall–Kier alpha value is -3.94. The average Bonchev–Trinajstić information content (AvgIpc) is 3.46. The molecule has 0 saturated heterocycles. The van der Waals surface area contributed by atoms with Crippen LogP contribution in [0.3, 0.4) is 0 Å². The van der Waals surface area contributed by atoms with Crippen LogP contribution in [-0.4, -0.2) is 18.6 Å². The molecular formula is C24H16BN5OS2. The fourth-order valence-corrected chi connectivity index (χ4v) is 5.48. The molecule has 0 spiro atoms. The number of hydrogen-bond acceptors (Lipinski definition) is 8. The predicted molar refractivity (Wildman–Crippen MR) is 130 cm³/mol. The van der Waals surface area contributed by atoms with Gasteiger partial charge in [0.05, 0.1) is 11.6 Å². The largest absolute Gasteiger partial charge is 0.480 e. The first-order valence-electron chi connectivity index (χ1n) is 9.86. The van der Waals surface area contributed by atoms with Crippen molar-refractivity contribution >= 4 is 42.6 Å². The van der Waals surface area contributed by atoms with E-state index in [0.717, 1.165) is 14.7 Å². The summed E-state index contributed by atoms with van der Waals surface area (Å²) in [7, 11) is 2.05. The van der Waals surface area contributed by atoms with Crippen molar-refractivity contribution in [3.63, 3.8) is 0 Å². The molecule has 1 aromatic heterocycles. The van der Waals surface area contributed by atoms with Crippen molar-refractivity contribution in [1.82, 2.24) is 0 Å². The van der Waals surface area contributed by atoms with Gasteiger partial charge < -0.3 is 4.74 Å². The molecule has 3 heterocycles. The summed E-state index contributed by atoms with van der Waals surface area (Å²) in [6.07, 6.45) is 6.04. The first kappa shape index (κ1) is 23.7. The molecule has 9 heteroatoms. The van der Waals surface area contributed by atoms with Gasteiger partial charge in [0.2, 0.25) is 0 Å². The monoisotopic (exact) mass is 465 g/mol. The van der Waals surface area contributed by atoms with Crippen LogP contribution in [0.15, 0.2) is 57.2 Å². The molecule has 6 nitrogen and oxygen atoms in total. The standard InChI is InChI=1S/C24H16BN5OS2/c1-24(2)19(18(13-30)23(31-24)16(11-28)12-29)5-3-17-4-6-20(32-17)14(9-26)7-21-15(10-27)8-22(25)33-21/h3-7,22H,8,25H2,1-2H3/b5-3+,14-7+. The summed E-state index contributed by atoms with van der Waals surface area (Å²) in [4.78, 5) is 2.47. The molecule has 0 saturated carbocycles. The quantitative estimate of drug-likeness (QED) is 0.474. The molecule has 0 N–H and O–H groups in total. The maximum atomic E-state index is 9.68. The molecule has 2 aliphatic rings. The molecule has 1 aromatic rings. The summed E-state index contributed by atoms with van der Waals surface area (Å²) >= 11 is 3.01. The fraction of sp³-hybridized carbons (Fsp3) is 0.208. The number of nitriles is 5. The van der Waals surface area contributed by atoms with Gasteiger partial charge in [-0.1, -0.05) is 6.08 Å². The van der Waals surface area contributed by atoms with Gasteiger partial charge in [-0.25, -0.2) is 0 Å². The lowest BCUT2D eigenvalue weighted by Crippen LogP contribution is -2.20. The van der Waals surface area contributed by atoms with Crippen molar-refractivity contribution in [2.45, 2.75) is 31.0 Å². The second-order valence-corrected chi connectivity index (χ2v) is 10.3. The van der Waals surface area contributed by atoms with E-state index in [9.17, 15) is 26.3 Å². The van der Waals surface area contributed by atoms with E-state index in [0.29, 0.717) is 28.3 Å². The fourth-order valence-electron chi connectivity index (χ4n) is 3.46. The summed E-state index contributed by atoms with van der Waals surface area (Å²) < 4.78 is 5.77. The zero-order valence-electron chi connectivity index (χ0n) is 18.1. The number of rotatable bonds is 4. The van der Waals surface area contributed by atoms with Gasteiger partial charge in [-0.15, -0.1) is 23.1 Å².